The van der Waals surface area contributed by atoms with E-state index in [0.717, 1.165) is 12.8 Å². The molecule has 0 spiro atoms. The fraction of sp³-hybridized carbons (Fsp3) is 0.263. The maximum absolute atomic E-state index is 12.2. The quantitative estimate of drug-likeness (QED) is 0.731. The number of hydrogen-bond donors (Lipinski definition) is 2. The van der Waals surface area contributed by atoms with Crippen molar-refractivity contribution in [3.63, 3.8) is 0 Å². The Hall–Kier alpha value is -2.66. The van der Waals surface area contributed by atoms with E-state index in [2.05, 4.69) is 22.4 Å². The van der Waals surface area contributed by atoms with Crippen molar-refractivity contribution in [2.75, 3.05) is 5.32 Å². The van der Waals surface area contributed by atoms with Crippen LogP contribution in [0.1, 0.15) is 18.9 Å². The minimum absolute atomic E-state index is 0.0447. The van der Waals surface area contributed by atoms with Crippen LogP contribution in [0.4, 0.5) is 5.82 Å². The molecule has 0 amide bonds. The second-order valence-electron chi connectivity index (χ2n) is 6.04. The topological polar surface area (TPSA) is 72.4 Å². The Labute approximate surface area is 141 Å². The number of nitrogens with two attached hydrogens (primary N) is 1. The monoisotopic (exact) mass is 322 g/mol. The van der Waals surface area contributed by atoms with Crippen LogP contribution in [-0.2, 0) is 6.42 Å². The van der Waals surface area contributed by atoms with Gasteiger partial charge >= 0.3 is 0 Å². The van der Waals surface area contributed by atoms with Crippen LogP contribution in [0.3, 0.4) is 0 Å². The summed E-state index contributed by atoms with van der Waals surface area (Å²) < 4.78 is 1.52. The van der Waals surface area contributed by atoms with E-state index in [-0.39, 0.29) is 17.6 Å². The van der Waals surface area contributed by atoms with E-state index in [1.165, 1.54) is 16.0 Å². The molecule has 2 heterocycles. The number of nitrogens with one attached hydrogen (secondary N) is 1. The Morgan fingerprint density at radius 2 is 1.92 bits per heavy atom. The molecule has 2 aromatic heterocycles. The molecule has 3 N–H and O–H groups in total. The molecule has 0 radical (unpaired) electrons. The van der Waals surface area contributed by atoms with Gasteiger partial charge in [0.15, 0.2) is 0 Å². The molecule has 24 heavy (non-hydrogen) atoms. The average molecular weight is 322 g/mol. The lowest BCUT2D eigenvalue weighted by Crippen LogP contribution is -2.39. The summed E-state index contributed by atoms with van der Waals surface area (Å²) in [6.45, 7) is 1.97. The number of nitrogens with zero attached hydrogens (tertiary/aromatic N) is 2. The van der Waals surface area contributed by atoms with E-state index in [9.17, 15) is 4.79 Å². The van der Waals surface area contributed by atoms with Crippen LogP contribution in [0.2, 0.25) is 0 Å². The molecule has 0 bridgehead atoms. The summed E-state index contributed by atoms with van der Waals surface area (Å²) in [6.07, 6.45) is 3.51. The largest absolute Gasteiger partial charge is 0.366 e. The number of aromatic nitrogens is 2. The molecular weight excluding hydrogens is 300 g/mol. The summed E-state index contributed by atoms with van der Waals surface area (Å²) in [7, 11) is 0. The van der Waals surface area contributed by atoms with Crippen molar-refractivity contribution in [2.24, 2.45) is 5.73 Å². The SMILES string of the molecule is CC(N)C(CCc1ccccc1)Nc1cc(=O)n2ccccc2n1. The van der Waals surface area contributed by atoms with Crippen molar-refractivity contribution in [3.05, 3.63) is 76.7 Å². The fourth-order valence-corrected chi connectivity index (χ4v) is 2.75. The van der Waals surface area contributed by atoms with Crippen molar-refractivity contribution in [1.29, 1.82) is 0 Å². The van der Waals surface area contributed by atoms with Gasteiger partial charge in [-0.2, -0.15) is 0 Å². The minimum atomic E-state index is -0.102. The lowest BCUT2D eigenvalue weighted by molar-refractivity contribution is 0.554. The van der Waals surface area contributed by atoms with Crippen molar-refractivity contribution in [3.8, 4) is 0 Å². The number of rotatable bonds is 6. The van der Waals surface area contributed by atoms with Gasteiger partial charge in [-0.3, -0.25) is 9.20 Å². The van der Waals surface area contributed by atoms with Gasteiger partial charge in [0.2, 0.25) is 0 Å². The molecule has 0 saturated heterocycles. The molecular formula is C19H22N4O. The van der Waals surface area contributed by atoms with Crippen LogP contribution in [0.5, 0.6) is 0 Å². The number of pyridine rings is 1. The second kappa shape index (κ2) is 7.27. The Morgan fingerprint density at radius 3 is 2.67 bits per heavy atom. The summed E-state index contributed by atoms with van der Waals surface area (Å²) >= 11 is 0. The van der Waals surface area contributed by atoms with E-state index in [4.69, 9.17) is 5.73 Å². The van der Waals surface area contributed by atoms with Gasteiger partial charge in [-0.1, -0.05) is 36.4 Å². The predicted molar refractivity (Wildman–Crippen MR) is 97.3 cm³/mol. The third-order valence-electron chi connectivity index (χ3n) is 4.13. The highest BCUT2D eigenvalue weighted by atomic mass is 16.1. The van der Waals surface area contributed by atoms with Crippen molar-refractivity contribution < 1.29 is 0 Å². The standard InChI is InChI=1S/C19H22N4O/c1-14(20)16(11-10-15-7-3-2-4-8-15)21-17-13-19(24)23-12-6-5-9-18(23)22-17/h2-9,12-14,16,21H,10-11,20H2,1H3. The molecule has 2 atom stereocenters. The Morgan fingerprint density at radius 1 is 1.17 bits per heavy atom. The first-order chi connectivity index (χ1) is 11.6. The van der Waals surface area contributed by atoms with Crippen LogP contribution in [0.25, 0.3) is 5.65 Å². The van der Waals surface area contributed by atoms with E-state index in [1.807, 2.05) is 43.3 Å². The molecule has 0 aliphatic heterocycles. The molecule has 0 aliphatic carbocycles. The molecule has 0 saturated carbocycles. The third kappa shape index (κ3) is 3.81. The fourth-order valence-electron chi connectivity index (χ4n) is 2.75. The van der Waals surface area contributed by atoms with Gasteiger partial charge in [0.1, 0.15) is 11.5 Å². The maximum Gasteiger partial charge on any atom is 0.259 e. The zero-order chi connectivity index (χ0) is 16.9. The Balaban J connectivity index is 1.77. The molecule has 5 heteroatoms. The van der Waals surface area contributed by atoms with Crippen LogP contribution in [-0.4, -0.2) is 21.5 Å². The molecule has 5 nitrogen and oxygen atoms in total. The van der Waals surface area contributed by atoms with E-state index in [1.54, 1.807) is 6.20 Å². The lowest BCUT2D eigenvalue weighted by atomic mass is 10.0. The summed E-state index contributed by atoms with van der Waals surface area (Å²) in [6, 6.07) is 17.3. The van der Waals surface area contributed by atoms with Crippen LogP contribution in [0.15, 0.2) is 65.6 Å². The predicted octanol–water partition coefficient (Wildman–Crippen LogP) is 2.46. The van der Waals surface area contributed by atoms with E-state index < -0.39 is 0 Å². The first kappa shape index (κ1) is 16.2. The van der Waals surface area contributed by atoms with Crippen molar-refractivity contribution in [2.45, 2.75) is 31.8 Å². The summed E-state index contributed by atoms with van der Waals surface area (Å²) in [4.78, 5) is 16.7. The number of fused-ring (bicyclic) bond motifs is 1. The zero-order valence-electron chi connectivity index (χ0n) is 13.7. The van der Waals surface area contributed by atoms with Gasteiger partial charge in [0.05, 0.1) is 0 Å². The first-order valence-corrected chi connectivity index (χ1v) is 8.18. The third-order valence-corrected chi connectivity index (χ3v) is 4.13. The maximum atomic E-state index is 12.2. The van der Waals surface area contributed by atoms with Gasteiger partial charge in [0.25, 0.3) is 5.56 Å². The van der Waals surface area contributed by atoms with Crippen LogP contribution >= 0.6 is 0 Å². The first-order valence-electron chi connectivity index (χ1n) is 8.18. The van der Waals surface area contributed by atoms with Gasteiger partial charge in [-0.15, -0.1) is 0 Å². The number of anilines is 1. The smallest absolute Gasteiger partial charge is 0.259 e. The molecule has 0 aliphatic rings. The highest BCUT2D eigenvalue weighted by molar-refractivity contribution is 5.46. The number of hydrogen-bond acceptors (Lipinski definition) is 4. The Bertz CT molecular complexity index is 858. The molecule has 3 rings (SSSR count). The Kier molecular flexibility index (Phi) is 4.91. The van der Waals surface area contributed by atoms with E-state index in [0.29, 0.717) is 11.5 Å². The molecule has 1 aromatic carbocycles. The summed E-state index contributed by atoms with van der Waals surface area (Å²) in [5.74, 6) is 0.571. The molecule has 0 fully saturated rings. The van der Waals surface area contributed by atoms with Gasteiger partial charge in [-0.25, -0.2) is 4.98 Å². The normalized spacial score (nSPS) is 13.6. The van der Waals surface area contributed by atoms with Crippen LogP contribution in [0, 0.1) is 0 Å². The molecule has 124 valence electrons. The average Bonchev–Trinajstić information content (AvgIpc) is 2.59. The van der Waals surface area contributed by atoms with Crippen molar-refractivity contribution >= 4 is 11.5 Å². The van der Waals surface area contributed by atoms with Crippen molar-refractivity contribution in [1.82, 2.24) is 9.38 Å². The summed E-state index contributed by atoms with van der Waals surface area (Å²) in [5.41, 5.74) is 7.92. The number of aryl methyl sites for hydroxylation is 1. The van der Waals surface area contributed by atoms with Gasteiger partial charge in [-0.05, 0) is 37.5 Å². The lowest BCUT2D eigenvalue weighted by Gasteiger charge is -2.23. The zero-order valence-corrected chi connectivity index (χ0v) is 13.7. The highest BCUT2D eigenvalue weighted by Crippen LogP contribution is 2.12. The highest BCUT2D eigenvalue weighted by Gasteiger charge is 2.15. The van der Waals surface area contributed by atoms with Crippen LogP contribution < -0.4 is 16.6 Å². The van der Waals surface area contributed by atoms with E-state index >= 15 is 0 Å². The summed E-state index contributed by atoms with van der Waals surface area (Å²) in [5, 5.41) is 3.33. The minimum Gasteiger partial charge on any atom is -0.366 e. The second-order valence-corrected chi connectivity index (χ2v) is 6.04. The number of benzene rings is 1. The van der Waals surface area contributed by atoms with Gasteiger partial charge in [0, 0.05) is 24.3 Å². The molecule has 3 aromatic rings. The van der Waals surface area contributed by atoms with Gasteiger partial charge < -0.3 is 11.1 Å². The molecule has 2 unspecified atom stereocenters.